The molecule has 1 saturated heterocycles. The topological polar surface area (TPSA) is 152 Å². The lowest BCUT2D eigenvalue weighted by atomic mass is 9.79. The number of hydrogen-bond donors (Lipinski definition) is 4. The van der Waals surface area contributed by atoms with Crippen LogP contribution in [-0.4, -0.2) is 101 Å². The van der Waals surface area contributed by atoms with Gasteiger partial charge in [-0.05, 0) is 81.4 Å². The van der Waals surface area contributed by atoms with Gasteiger partial charge in [0.25, 0.3) is 5.91 Å². The number of piperidine rings is 1. The SMILES string of the molecule is CC[C@@H]1C(=O)N(C)c2cnc(Nc3ccc(C(=O)NC4CCN(CC[C@@](NC5CCCC(C)C5)(C(=O)O)C(C)C)CC4)cc3OC)nc2N1C1CCCC1. The van der Waals surface area contributed by atoms with E-state index >= 15 is 0 Å². The van der Waals surface area contributed by atoms with Crippen LogP contribution >= 0.6 is 0 Å². The maximum absolute atomic E-state index is 13.5. The zero-order valence-corrected chi connectivity index (χ0v) is 33.2. The van der Waals surface area contributed by atoms with Crippen molar-refractivity contribution in [2.45, 2.75) is 134 Å². The molecule has 1 aromatic heterocycles. The molecular weight excluding hydrogens is 685 g/mol. The van der Waals surface area contributed by atoms with Gasteiger partial charge in [0.1, 0.15) is 23.0 Å². The Morgan fingerprint density at radius 3 is 2.44 bits per heavy atom. The molecule has 296 valence electrons. The number of carbonyl (C=O) groups excluding carboxylic acids is 2. The standard InChI is InChI=1S/C41H62N8O5/c1-7-33-38(51)47(5)34-25-42-40(45-36(34)49(33)31-13-8-9-14-31)44-32-16-15-28(24-35(32)54-6)37(50)43-29-17-20-48(21-18-29)22-19-41(26(2)3,39(52)53)46-30-12-10-11-27(4)23-30/h15-16,24-27,29-31,33,46H,7-14,17-23H2,1-6H3,(H,43,50)(H,52,53)(H,42,44,45)/t27?,30?,33-,41+/m1/s1. The van der Waals surface area contributed by atoms with Crippen LogP contribution in [0.2, 0.25) is 0 Å². The van der Waals surface area contributed by atoms with E-state index in [1.54, 1.807) is 37.4 Å². The van der Waals surface area contributed by atoms with Gasteiger partial charge < -0.3 is 35.2 Å². The summed E-state index contributed by atoms with van der Waals surface area (Å²) in [4.78, 5) is 55.2. The number of likely N-dealkylation sites (tertiary alicyclic amines) is 1. The molecule has 2 saturated carbocycles. The van der Waals surface area contributed by atoms with Gasteiger partial charge in [-0.3, -0.25) is 19.7 Å². The Kier molecular flexibility index (Phi) is 12.7. The summed E-state index contributed by atoms with van der Waals surface area (Å²) in [7, 11) is 3.36. The zero-order chi connectivity index (χ0) is 38.6. The Balaban J connectivity index is 1.06. The monoisotopic (exact) mass is 746 g/mol. The average Bonchev–Trinajstić information content (AvgIpc) is 3.70. The number of likely N-dealkylation sites (N-methyl/N-ethyl adjacent to an activating group) is 1. The number of carbonyl (C=O) groups is 3. The number of rotatable bonds is 14. The van der Waals surface area contributed by atoms with E-state index in [1.165, 1.54) is 6.42 Å². The Morgan fingerprint density at radius 2 is 1.80 bits per heavy atom. The minimum absolute atomic E-state index is 0.0254. The van der Waals surface area contributed by atoms with Crippen molar-refractivity contribution in [3.8, 4) is 5.75 Å². The number of nitrogens with zero attached hydrogens (tertiary/aromatic N) is 5. The maximum atomic E-state index is 13.5. The van der Waals surface area contributed by atoms with E-state index in [2.05, 4.69) is 37.7 Å². The molecular formula is C41H62N8O5. The summed E-state index contributed by atoms with van der Waals surface area (Å²) in [6.07, 6.45) is 13.4. The summed E-state index contributed by atoms with van der Waals surface area (Å²) < 4.78 is 5.72. The Bertz CT molecular complexity index is 1640. The van der Waals surface area contributed by atoms with Crippen molar-refractivity contribution in [2.75, 3.05) is 48.9 Å². The van der Waals surface area contributed by atoms with E-state index in [0.717, 1.165) is 76.7 Å². The fourth-order valence-electron chi connectivity index (χ4n) is 9.28. The zero-order valence-electron chi connectivity index (χ0n) is 33.2. The minimum Gasteiger partial charge on any atom is -0.495 e. The fourth-order valence-corrected chi connectivity index (χ4v) is 9.28. The van der Waals surface area contributed by atoms with E-state index in [0.29, 0.717) is 53.9 Å². The molecule has 4 atom stereocenters. The van der Waals surface area contributed by atoms with Crippen LogP contribution in [0, 0.1) is 11.8 Å². The number of aromatic nitrogens is 2. The molecule has 2 aromatic rings. The van der Waals surface area contributed by atoms with Crippen molar-refractivity contribution in [1.29, 1.82) is 0 Å². The van der Waals surface area contributed by atoms with Gasteiger partial charge in [0, 0.05) is 50.4 Å². The van der Waals surface area contributed by atoms with Gasteiger partial charge in [-0.15, -0.1) is 0 Å². The lowest BCUT2D eigenvalue weighted by Gasteiger charge is -2.43. The molecule has 2 unspecified atom stereocenters. The van der Waals surface area contributed by atoms with Crippen LogP contribution in [0.25, 0.3) is 0 Å². The largest absolute Gasteiger partial charge is 0.495 e. The van der Waals surface area contributed by atoms with Crippen LogP contribution in [0.5, 0.6) is 5.75 Å². The molecule has 13 nitrogen and oxygen atoms in total. The summed E-state index contributed by atoms with van der Waals surface area (Å²) >= 11 is 0. The third kappa shape index (κ3) is 8.46. The molecule has 4 N–H and O–H groups in total. The molecule has 0 bridgehead atoms. The third-order valence-electron chi connectivity index (χ3n) is 12.6. The van der Waals surface area contributed by atoms with Crippen molar-refractivity contribution in [1.82, 2.24) is 25.5 Å². The van der Waals surface area contributed by atoms with Gasteiger partial charge in [-0.1, -0.05) is 53.4 Å². The smallest absolute Gasteiger partial charge is 0.324 e. The van der Waals surface area contributed by atoms with Gasteiger partial charge in [0.2, 0.25) is 11.9 Å². The molecule has 3 heterocycles. The van der Waals surface area contributed by atoms with Gasteiger partial charge >= 0.3 is 5.97 Å². The van der Waals surface area contributed by atoms with Crippen LogP contribution in [0.4, 0.5) is 23.1 Å². The van der Waals surface area contributed by atoms with Gasteiger partial charge in [-0.25, -0.2) is 4.98 Å². The predicted octanol–water partition coefficient (Wildman–Crippen LogP) is 5.96. The van der Waals surface area contributed by atoms with Crippen molar-refractivity contribution in [3.63, 3.8) is 0 Å². The van der Waals surface area contributed by atoms with Crippen molar-refractivity contribution in [2.24, 2.45) is 11.8 Å². The highest BCUT2D eigenvalue weighted by Crippen LogP contribution is 2.40. The fraction of sp³-hybridized carbons (Fsp3) is 0.683. The van der Waals surface area contributed by atoms with Gasteiger partial charge in [-0.2, -0.15) is 4.98 Å². The molecule has 13 heteroatoms. The number of nitrogens with one attached hydrogen (secondary N) is 3. The van der Waals surface area contributed by atoms with Crippen LogP contribution in [0.3, 0.4) is 0 Å². The minimum atomic E-state index is -0.954. The quantitative estimate of drug-likeness (QED) is 0.181. The van der Waals surface area contributed by atoms with E-state index in [4.69, 9.17) is 9.72 Å². The number of carboxylic acid groups (broad SMARTS) is 1. The summed E-state index contributed by atoms with van der Waals surface area (Å²) in [5.41, 5.74) is 0.880. The molecule has 2 aliphatic carbocycles. The Hall–Kier alpha value is -3.97. The molecule has 0 spiro atoms. The van der Waals surface area contributed by atoms with E-state index in [1.807, 2.05) is 26.8 Å². The summed E-state index contributed by atoms with van der Waals surface area (Å²) in [5, 5.41) is 20.6. The molecule has 2 amide bonds. The number of amides is 2. The number of aliphatic carboxylic acids is 1. The summed E-state index contributed by atoms with van der Waals surface area (Å²) in [6, 6.07) is 5.59. The van der Waals surface area contributed by atoms with Crippen LogP contribution in [-0.2, 0) is 9.59 Å². The molecule has 1 aromatic carbocycles. The maximum Gasteiger partial charge on any atom is 0.324 e. The predicted molar refractivity (Wildman–Crippen MR) is 212 cm³/mol. The number of anilines is 4. The lowest BCUT2D eigenvalue weighted by Crippen LogP contribution is -2.61. The van der Waals surface area contributed by atoms with Gasteiger partial charge in [0.05, 0.1) is 19.0 Å². The second kappa shape index (κ2) is 17.2. The highest BCUT2D eigenvalue weighted by atomic mass is 16.5. The van der Waals surface area contributed by atoms with Crippen LogP contribution in [0.15, 0.2) is 24.4 Å². The van der Waals surface area contributed by atoms with E-state index < -0.39 is 11.5 Å². The number of fused-ring (bicyclic) bond motifs is 1. The normalized spacial score (nSPS) is 24.0. The highest BCUT2D eigenvalue weighted by molar-refractivity contribution is 6.04. The molecule has 2 aliphatic heterocycles. The van der Waals surface area contributed by atoms with Gasteiger partial charge in [0.15, 0.2) is 5.82 Å². The average molecular weight is 747 g/mol. The third-order valence-corrected chi connectivity index (χ3v) is 12.6. The van der Waals surface area contributed by atoms with E-state index in [9.17, 15) is 19.5 Å². The molecule has 4 aliphatic rings. The number of ether oxygens (including phenoxy) is 1. The first-order chi connectivity index (χ1) is 25.9. The first-order valence-electron chi connectivity index (χ1n) is 20.4. The summed E-state index contributed by atoms with van der Waals surface area (Å²) in [6.45, 7) is 10.6. The first kappa shape index (κ1) is 39.7. The molecule has 3 fully saturated rings. The number of hydrogen-bond acceptors (Lipinski definition) is 10. The van der Waals surface area contributed by atoms with Crippen molar-refractivity contribution >= 4 is 40.9 Å². The summed E-state index contributed by atoms with van der Waals surface area (Å²) in [5.74, 6) is 1.38. The van der Waals surface area contributed by atoms with Crippen LogP contribution < -0.4 is 30.5 Å². The first-order valence-corrected chi connectivity index (χ1v) is 20.4. The van der Waals surface area contributed by atoms with Crippen molar-refractivity contribution in [3.05, 3.63) is 30.0 Å². The van der Waals surface area contributed by atoms with Crippen molar-refractivity contribution < 1.29 is 24.2 Å². The van der Waals surface area contributed by atoms with Crippen LogP contribution in [0.1, 0.15) is 115 Å². The number of methoxy groups -OCH3 is 1. The second-order valence-corrected chi connectivity index (χ2v) is 16.5. The number of benzene rings is 1. The highest BCUT2D eigenvalue weighted by Gasteiger charge is 2.44. The second-order valence-electron chi connectivity index (χ2n) is 16.5. The molecule has 6 rings (SSSR count). The molecule has 0 radical (unpaired) electrons. The molecule has 54 heavy (non-hydrogen) atoms. The Labute approximate surface area is 321 Å². The Morgan fingerprint density at radius 1 is 1.06 bits per heavy atom. The van der Waals surface area contributed by atoms with E-state index in [-0.39, 0.29) is 41.9 Å². The lowest BCUT2D eigenvalue weighted by molar-refractivity contribution is -0.148. The number of carboxylic acids is 1.